The summed E-state index contributed by atoms with van der Waals surface area (Å²) in [5.41, 5.74) is 4.19. The van der Waals surface area contributed by atoms with Crippen molar-refractivity contribution < 1.29 is 22.7 Å². The van der Waals surface area contributed by atoms with Gasteiger partial charge in [0.25, 0.3) is 0 Å². The average Bonchev–Trinajstić information content (AvgIpc) is 3.09. The number of amides is 1. The quantitative estimate of drug-likeness (QED) is 0.268. The zero-order chi connectivity index (χ0) is 22.3. The molecule has 0 saturated carbocycles. The van der Waals surface area contributed by atoms with Crippen LogP contribution in [0.1, 0.15) is 20.8 Å². The van der Waals surface area contributed by atoms with Gasteiger partial charge in [-0.25, -0.2) is 18.2 Å². The smallest absolute Gasteiger partial charge is 0.316 e. The van der Waals surface area contributed by atoms with E-state index in [4.69, 9.17) is 15.6 Å². The Labute approximate surface area is 182 Å². The zero-order valence-corrected chi connectivity index (χ0v) is 19.3. The van der Waals surface area contributed by atoms with Gasteiger partial charge in [0.15, 0.2) is 0 Å². The van der Waals surface area contributed by atoms with Crippen LogP contribution in [0.4, 0.5) is 0 Å². The second-order valence-electron chi connectivity index (χ2n) is 8.32. The number of carbonyl (C=O) groups is 2. The van der Waals surface area contributed by atoms with Crippen LogP contribution in [0, 0.1) is 5.41 Å². The molecule has 3 heterocycles. The van der Waals surface area contributed by atoms with E-state index >= 15 is 0 Å². The standard InChI is InChI=1S/C15H25N7O5S3/c1-14(2,3)27-12(24)15(6-21-10(23)9(16)11(21)28-7-15)8-29-13-18-19-20-22(13)4-5-30(17,25)26/h9,11H,4-8,16H2,1-3H3,(H2,17,25,26)/t9?,11-,15?/m1/s1. The molecule has 12 nitrogen and oxygen atoms in total. The highest BCUT2D eigenvalue weighted by atomic mass is 32.2. The molecule has 2 aliphatic rings. The summed E-state index contributed by atoms with van der Waals surface area (Å²) in [5.74, 6) is -0.249. The van der Waals surface area contributed by atoms with Crippen molar-refractivity contribution in [1.82, 2.24) is 25.1 Å². The van der Waals surface area contributed by atoms with Crippen LogP contribution in [0.15, 0.2) is 5.16 Å². The lowest BCUT2D eigenvalue weighted by atomic mass is 9.89. The van der Waals surface area contributed by atoms with Gasteiger partial charge < -0.3 is 15.4 Å². The van der Waals surface area contributed by atoms with Crippen molar-refractivity contribution in [3.63, 3.8) is 0 Å². The minimum atomic E-state index is -3.67. The summed E-state index contributed by atoms with van der Waals surface area (Å²) in [7, 11) is -3.67. The van der Waals surface area contributed by atoms with Gasteiger partial charge in [-0.05, 0) is 31.2 Å². The fourth-order valence-electron chi connectivity index (χ4n) is 3.04. The maximum absolute atomic E-state index is 13.1. The Morgan fingerprint density at radius 2 is 2.13 bits per heavy atom. The molecule has 1 amide bonds. The third-order valence-electron chi connectivity index (χ3n) is 4.58. The normalized spacial score (nSPS) is 26.8. The summed E-state index contributed by atoms with van der Waals surface area (Å²) >= 11 is 2.65. The Morgan fingerprint density at radius 3 is 2.77 bits per heavy atom. The van der Waals surface area contributed by atoms with Crippen molar-refractivity contribution >= 4 is 45.4 Å². The SMILES string of the molecule is CC(C)(C)OC(=O)C1(CSc2nnnn2CCS(N)(=O)=O)CS[C@@H]2C(N)C(=O)N2C1. The van der Waals surface area contributed by atoms with E-state index in [2.05, 4.69) is 15.5 Å². The van der Waals surface area contributed by atoms with Crippen LogP contribution in [0.5, 0.6) is 0 Å². The van der Waals surface area contributed by atoms with Crippen molar-refractivity contribution in [3.8, 4) is 0 Å². The van der Waals surface area contributed by atoms with Gasteiger partial charge in [-0.3, -0.25) is 9.59 Å². The first kappa shape index (κ1) is 23.2. The first-order valence-electron chi connectivity index (χ1n) is 9.12. The van der Waals surface area contributed by atoms with E-state index in [1.807, 2.05) is 0 Å². The van der Waals surface area contributed by atoms with Crippen LogP contribution in [0.3, 0.4) is 0 Å². The third-order valence-corrected chi connectivity index (χ3v) is 8.19. The van der Waals surface area contributed by atoms with Gasteiger partial charge in [0.2, 0.25) is 21.1 Å². The molecule has 30 heavy (non-hydrogen) atoms. The van der Waals surface area contributed by atoms with Crippen LogP contribution in [0.25, 0.3) is 0 Å². The van der Waals surface area contributed by atoms with Gasteiger partial charge in [-0.15, -0.1) is 16.9 Å². The molecule has 3 rings (SSSR count). The highest BCUT2D eigenvalue weighted by Gasteiger charge is 2.56. The Bertz CT molecular complexity index is 931. The number of aromatic nitrogens is 4. The number of tetrazole rings is 1. The molecule has 4 N–H and O–H groups in total. The fourth-order valence-corrected chi connectivity index (χ4v) is 6.17. The van der Waals surface area contributed by atoms with Crippen LogP contribution >= 0.6 is 23.5 Å². The molecule has 2 aliphatic heterocycles. The Kier molecular flexibility index (Phi) is 6.40. The van der Waals surface area contributed by atoms with Crippen LogP contribution in [0.2, 0.25) is 0 Å². The van der Waals surface area contributed by atoms with Crippen molar-refractivity contribution in [3.05, 3.63) is 0 Å². The van der Waals surface area contributed by atoms with E-state index in [9.17, 15) is 18.0 Å². The predicted molar refractivity (Wildman–Crippen MR) is 111 cm³/mol. The maximum atomic E-state index is 13.1. The molecule has 0 radical (unpaired) electrons. The number of nitrogens with zero attached hydrogens (tertiary/aromatic N) is 5. The summed E-state index contributed by atoms with van der Waals surface area (Å²) in [5, 5.41) is 16.5. The molecule has 0 spiro atoms. The second-order valence-corrected chi connectivity index (χ2v) is 12.1. The first-order valence-corrected chi connectivity index (χ1v) is 12.9. The van der Waals surface area contributed by atoms with Gasteiger partial charge in [0, 0.05) is 18.1 Å². The molecular formula is C15H25N7O5S3. The number of esters is 1. The molecule has 2 fully saturated rings. The van der Waals surface area contributed by atoms with E-state index < -0.39 is 33.1 Å². The summed E-state index contributed by atoms with van der Waals surface area (Å²) in [6.45, 7) is 5.52. The van der Waals surface area contributed by atoms with E-state index in [0.717, 1.165) is 0 Å². The van der Waals surface area contributed by atoms with Crippen molar-refractivity contribution in [2.24, 2.45) is 16.3 Å². The summed E-state index contributed by atoms with van der Waals surface area (Å²) in [4.78, 5) is 26.9. The number of fused-ring (bicyclic) bond motifs is 1. The lowest BCUT2D eigenvalue weighted by Crippen LogP contribution is -2.72. The van der Waals surface area contributed by atoms with Crippen LogP contribution in [-0.4, -0.2) is 86.2 Å². The van der Waals surface area contributed by atoms with Gasteiger partial charge in [-0.2, -0.15) is 0 Å². The zero-order valence-electron chi connectivity index (χ0n) is 16.8. The topological polar surface area (TPSA) is 176 Å². The molecule has 0 aromatic carbocycles. The number of thioether (sulfide) groups is 2. The van der Waals surface area contributed by atoms with E-state index in [-0.39, 0.29) is 35.9 Å². The third kappa shape index (κ3) is 5.07. The van der Waals surface area contributed by atoms with Crippen molar-refractivity contribution in [2.75, 3.05) is 23.8 Å². The molecule has 1 aromatic heterocycles. The molecule has 168 valence electrons. The number of hydrogen-bond donors (Lipinski definition) is 2. The minimum absolute atomic E-state index is 0.0100. The lowest BCUT2D eigenvalue weighted by molar-refractivity contribution is -0.169. The Balaban J connectivity index is 1.77. The van der Waals surface area contributed by atoms with Crippen molar-refractivity contribution in [1.29, 1.82) is 0 Å². The largest absolute Gasteiger partial charge is 0.459 e. The number of nitrogens with two attached hydrogens (primary N) is 2. The molecular weight excluding hydrogens is 454 g/mol. The number of sulfonamides is 1. The first-order chi connectivity index (χ1) is 13.8. The predicted octanol–water partition coefficient (Wildman–Crippen LogP) is -1.38. The minimum Gasteiger partial charge on any atom is -0.459 e. The van der Waals surface area contributed by atoms with E-state index in [1.165, 1.54) is 28.2 Å². The molecule has 2 unspecified atom stereocenters. The summed E-state index contributed by atoms with van der Waals surface area (Å²) in [6.07, 6.45) is 0. The molecule has 1 aromatic rings. The van der Waals surface area contributed by atoms with Crippen molar-refractivity contribution in [2.45, 2.75) is 49.5 Å². The number of carbonyl (C=O) groups excluding carboxylic acids is 2. The van der Waals surface area contributed by atoms with Gasteiger partial charge in [0.1, 0.15) is 22.4 Å². The van der Waals surface area contributed by atoms with E-state index in [1.54, 1.807) is 25.7 Å². The highest BCUT2D eigenvalue weighted by Crippen LogP contribution is 2.44. The lowest BCUT2D eigenvalue weighted by Gasteiger charge is -2.53. The molecule has 3 atom stereocenters. The Hall–Kier alpha value is -1.42. The number of aryl methyl sites for hydroxylation is 1. The number of rotatable bonds is 7. The highest BCUT2D eigenvalue weighted by molar-refractivity contribution is 8.00. The number of β-lactam (4-membered cyclic amide) rings is 1. The number of primary sulfonamides is 1. The van der Waals surface area contributed by atoms with Gasteiger partial charge >= 0.3 is 5.97 Å². The van der Waals surface area contributed by atoms with Crippen LogP contribution < -0.4 is 10.9 Å². The van der Waals surface area contributed by atoms with E-state index in [0.29, 0.717) is 10.9 Å². The molecule has 2 saturated heterocycles. The summed E-state index contributed by atoms with van der Waals surface area (Å²) in [6, 6.07) is -0.551. The second kappa shape index (κ2) is 8.26. The fraction of sp³-hybridized carbons (Fsp3) is 0.800. The molecule has 15 heteroatoms. The Morgan fingerprint density at radius 1 is 1.43 bits per heavy atom. The van der Waals surface area contributed by atoms with Crippen LogP contribution in [-0.2, 0) is 30.9 Å². The number of hydrogen-bond acceptors (Lipinski definition) is 11. The number of ether oxygens (including phenoxy) is 1. The van der Waals surface area contributed by atoms with Gasteiger partial charge in [0.05, 0.1) is 12.3 Å². The molecule has 0 aliphatic carbocycles. The van der Waals surface area contributed by atoms with Gasteiger partial charge in [-0.1, -0.05) is 11.8 Å². The molecule has 0 bridgehead atoms. The average molecular weight is 480 g/mol. The monoisotopic (exact) mass is 479 g/mol. The summed E-state index contributed by atoms with van der Waals surface area (Å²) < 4.78 is 29.4. The maximum Gasteiger partial charge on any atom is 0.316 e.